The summed E-state index contributed by atoms with van der Waals surface area (Å²) in [6.45, 7) is 4.51. The molecule has 0 aromatic heterocycles. The molecule has 7 nitrogen and oxygen atoms in total. The van der Waals surface area contributed by atoms with Crippen LogP contribution in [0.4, 0.5) is 18.9 Å². The molecule has 3 aromatic carbocycles. The van der Waals surface area contributed by atoms with E-state index in [0.717, 1.165) is 12.1 Å². The van der Waals surface area contributed by atoms with Crippen molar-refractivity contribution in [1.82, 2.24) is 10.2 Å². The van der Waals surface area contributed by atoms with Crippen molar-refractivity contribution in [2.24, 2.45) is 0 Å². The number of alkyl halides is 3. The summed E-state index contributed by atoms with van der Waals surface area (Å²) in [7, 11) is -4.50. The Bertz CT molecular complexity index is 1470. The van der Waals surface area contributed by atoms with E-state index in [9.17, 15) is 31.2 Å². The molecule has 0 aliphatic carbocycles. The molecule has 0 radical (unpaired) electrons. The Morgan fingerprint density at radius 2 is 1.57 bits per heavy atom. The quantitative estimate of drug-likeness (QED) is 0.257. The number of nitrogens with zero attached hydrogens (tertiary/aromatic N) is 2. The number of nitrogens with one attached hydrogen (secondary N) is 1. The van der Waals surface area contributed by atoms with Gasteiger partial charge in [0.2, 0.25) is 11.8 Å². The van der Waals surface area contributed by atoms with Crippen LogP contribution < -0.4 is 9.62 Å². The number of sulfonamides is 1. The Labute approximate surface area is 249 Å². The van der Waals surface area contributed by atoms with Crippen molar-refractivity contribution >= 4 is 39.1 Å². The number of hydrogen-bond donors (Lipinski definition) is 1. The Morgan fingerprint density at radius 3 is 2.14 bits per heavy atom. The molecule has 0 saturated heterocycles. The van der Waals surface area contributed by atoms with Crippen LogP contribution >= 0.6 is 11.6 Å². The van der Waals surface area contributed by atoms with Crippen LogP contribution in [-0.2, 0) is 32.3 Å². The molecule has 3 aromatic rings. The maximum atomic E-state index is 14.0. The topological polar surface area (TPSA) is 86.8 Å². The fourth-order valence-corrected chi connectivity index (χ4v) is 5.79. The second-order valence-corrected chi connectivity index (χ2v) is 12.1. The highest BCUT2D eigenvalue weighted by Crippen LogP contribution is 2.33. The van der Waals surface area contributed by atoms with Gasteiger partial charge in [0.1, 0.15) is 12.6 Å². The molecule has 0 spiro atoms. The number of carbonyl (C=O) groups is 2. The summed E-state index contributed by atoms with van der Waals surface area (Å²) in [6, 6.07) is 16.3. The molecule has 0 saturated carbocycles. The lowest BCUT2D eigenvalue weighted by molar-refractivity contribution is -0.140. The minimum atomic E-state index is -4.75. The molecule has 1 N–H and O–H groups in total. The van der Waals surface area contributed by atoms with Gasteiger partial charge in [0.05, 0.1) is 16.1 Å². The van der Waals surface area contributed by atoms with E-state index >= 15 is 0 Å². The lowest BCUT2D eigenvalue weighted by Crippen LogP contribution is -2.53. The fraction of sp³-hybridized carbons (Fsp3) is 0.333. The highest BCUT2D eigenvalue weighted by Gasteiger charge is 2.36. The molecule has 0 heterocycles. The van der Waals surface area contributed by atoms with Gasteiger partial charge in [-0.3, -0.25) is 13.9 Å². The standard InChI is InChI=1S/C30H33ClF3N3O4S/c1-4-21(3)35-29(39)27(5-2)36(19-22-14-16-24(31)17-15-22)28(38)20-37(42(40,41)26-12-7-6-8-13-26)25-11-9-10-23(18-25)30(32,33)34/h6-18,21,27H,4-5,19-20H2,1-3H3,(H,35,39)/t21-,27+/m1/s1. The van der Waals surface area contributed by atoms with Gasteiger partial charge < -0.3 is 10.2 Å². The highest BCUT2D eigenvalue weighted by atomic mass is 35.5. The van der Waals surface area contributed by atoms with Gasteiger partial charge in [0, 0.05) is 17.6 Å². The van der Waals surface area contributed by atoms with Crippen LogP contribution in [-0.4, -0.2) is 43.8 Å². The maximum absolute atomic E-state index is 14.0. The summed E-state index contributed by atoms with van der Waals surface area (Å²) in [4.78, 5) is 28.3. The molecule has 0 aliphatic rings. The van der Waals surface area contributed by atoms with Crippen LogP contribution in [0.5, 0.6) is 0 Å². The first-order valence-electron chi connectivity index (χ1n) is 13.4. The van der Waals surface area contributed by atoms with E-state index in [1.54, 1.807) is 37.3 Å². The van der Waals surface area contributed by atoms with Crippen molar-refractivity contribution in [2.75, 3.05) is 10.8 Å². The number of rotatable bonds is 12. The molecule has 0 fully saturated rings. The minimum absolute atomic E-state index is 0.0652. The van der Waals surface area contributed by atoms with E-state index in [4.69, 9.17) is 11.6 Å². The lowest BCUT2D eigenvalue weighted by atomic mass is 10.1. The third-order valence-electron chi connectivity index (χ3n) is 6.72. The summed E-state index contributed by atoms with van der Waals surface area (Å²) in [5.41, 5.74) is -0.789. The van der Waals surface area contributed by atoms with Gasteiger partial charge in [0.15, 0.2) is 0 Å². The molecular formula is C30H33ClF3N3O4S. The van der Waals surface area contributed by atoms with Gasteiger partial charge in [-0.05, 0) is 67.8 Å². The normalized spacial score (nSPS) is 13.2. The summed E-state index contributed by atoms with van der Waals surface area (Å²) in [5, 5.41) is 3.33. The fourth-order valence-electron chi connectivity index (χ4n) is 4.23. The molecule has 42 heavy (non-hydrogen) atoms. The number of carbonyl (C=O) groups excluding carboxylic acids is 2. The number of hydrogen-bond acceptors (Lipinski definition) is 4. The monoisotopic (exact) mass is 623 g/mol. The molecule has 0 unspecified atom stereocenters. The van der Waals surface area contributed by atoms with Crippen LogP contribution in [0.3, 0.4) is 0 Å². The maximum Gasteiger partial charge on any atom is 0.416 e. The molecule has 0 bridgehead atoms. The van der Waals surface area contributed by atoms with Gasteiger partial charge in [-0.25, -0.2) is 8.42 Å². The van der Waals surface area contributed by atoms with E-state index in [-0.39, 0.29) is 29.6 Å². The number of benzene rings is 3. The predicted molar refractivity (Wildman–Crippen MR) is 156 cm³/mol. The van der Waals surface area contributed by atoms with E-state index in [0.29, 0.717) is 27.4 Å². The Morgan fingerprint density at radius 1 is 0.929 bits per heavy atom. The molecule has 0 aliphatic heterocycles. The Hall–Kier alpha value is -3.57. The average Bonchev–Trinajstić information content (AvgIpc) is 2.96. The third kappa shape index (κ3) is 8.25. The average molecular weight is 624 g/mol. The van der Waals surface area contributed by atoms with Crippen molar-refractivity contribution in [3.05, 3.63) is 95.0 Å². The predicted octanol–water partition coefficient (Wildman–Crippen LogP) is 6.28. The minimum Gasteiger partial charge on any atom is -0.352 e. The van der Waals surface area contributed by atoms with Gasteiger partial charge >= 0.3 is 6.18 Å². The summed E-state index contributed by atoms with van der Waals surface area (Å²) in [6.07, 6.45) is -3.90. The second kappa shape index (κ2) is 14.1. The zero-order valence-electron chi connectivity index (χ0n) is 23.4. The molecule has 2 amide bonds. The van der Waals surface area contributed by atoms with Gasteiger partial charge in [-0.15, -0.1) is 0 Å². The first-order valence-corrected chi connectivity index (χ1v) is 15.2. The first-order chi connectivity index (χ1) is 19.8. The third-order valence-corrected chi connectivity index (χ3v) is 8.76. The van der Waals surface area contributed by atoms with Crippen LogP contribution in [0.2, 0.25) is 5.02 Å². The van der Waals surface area contributed by atoms with E-state index < -0.39 is 46.2 Å². The molecular weight excluding hydrogens is 591 g/mol. The number of amides is 2. The van der Waals surface area contributed by atoms with E-state index in [1.807, 2.05) is 13.8 Å². The molecule has 226 valence electrons. The number of halogens is 4. The number of anilines is 1. The summed E-state index contributed by atoms with van der Waals surface area (Å²) >= 11 is 6.02. The second-order valence-electron chi connectivity index (χ2n) is 9.76. The lowest BCUT2D eigenvalue weighted by Gasteiger charge is -2.34. The molecule has 2 atom stereocenters. The SMILES string of the molecule is CC[C@@H](C)NC(=O)[C@H](CC)N(Cc1ccc(Cl)cc1)C(=O)CN(c1cccc(C(F)(F)F)c1)S(=O)(=O)c1ccccc1. The summed E-state index contributed by atoms with van der Waals surface area (Å²) in [5.74, 6) is -1.20. The van der Waals surface area contributed by atoms with Crippen LogP contribution in [0.25, 0.3) is 0 Å². The van der Waals surface area contributed by atoms with Crippen LogP contribution in [0, 0.1) is 0 Å². The van der Waals surface area contributed by atoms with E-state index in [2.05, 4.69) is 5.32 Å². The van der Waals surface area contributed by atoms with Crippen molar-refractivity contribution in [3.8, 4) is 0 Å². The van der Waals surface area contributed by atoms with Crippen LogP contribution in [0.15, 0.2) is 83.8 Å². The molecule has 12 heteroatoms. The van der Waals surface area contributed by atoms with Gasteiger partial charge in [-0.2, -0.15) is 13.2 Å². The van der Waals surface area contributed by atoms with Crippen molar-refractivity contribution in [3.63, 3.8) is 0 Å². The van der Waals surface area contributed by atoms with E-state index in [1.165, 1.54) is 35.2 Å². The van der Waals surface area contributed by atoms with Gasteiger partial charge in [0.25, 0.3) is 10.0 Å². The highest BCUT2D eigenvalue weighted by molar-refractivity contribution is 7.92. The zero-order valence-corrected chi connectivity index (χ0v) is 25.0. The zero-order chi connectivity index (χ0) is 31.1. The first kappa shape index (κ1) is 32.9. The summed E-state index contributed by atoms with van der Waals surface area (Å²) < 4.78 is 69.0. The smallest absolute Gasteiger partial charge is 0.352 e. The Kier molecular flexibility index (Phi) is 11.0. The largest absolute Gasteiger partial charge is 0.416 e. The van der Waals surface area contributed by atoms with Crippen molar-refractivity contribution < 1.29 is 31.2 Å². The van der Waals surface area contributed by atoms with Gasteiger partial charge in [-0.1, -0.05) is 61.8 Å². The van der Waals surface area contributed by atoms with Crippen LogP contribution in [0.1, 0.15) is 44.7 Å². The Balaban J connectivity index is 2.10. The van der Waals surface area contributed by atoms with Crippen molar-refractivity contribution in [1.29, 1.82) is 0 Å². The van der Waals surface area contributed by atoms with Crippen molar-refractivity contribution in [2.45, 2.75) is 63.3 Å². The molecule has 3 rings (SSSR count).